The van der Waals surface area contributed by atoms with Gasteiger partial charge in [0.05, 0.1) is 7.11 Å². The van der Waals surface area contributed by atoms with E-state index in [0.717, 1.165) is 47.2 Å². The largest absolute Gasteiger partial charge is 0.490 e. The standard InChI is InChI=1S/C24H30N2O4/c1-5-6-7-13-25-24(29)26(3)20-10-8-9-19(16-20)21-12-11-18(14-17(21)2)15-22(30-4)23(27)28/h8-12,14-16H,5-7,13H2,1-4H3,(H,25,29)(H,27,28)/b22-15+. The number of nitrogens with zero attached hydrogens (tertiary/aromatic N) is 1. The van der Waals surface area contributed by atoms with Crippen LogP contribution in [0.5, 0.6) is 0 Å². The van der Waals surface area contributed by atoms with Crippen molar-refractivity contribution in [2.75, 3.05) is 25.6 Å². The zero-order valence-corrected chi connectivity index (χ0v) is 18.1. The van der Waals surface area contributed by atoms with Gasteiger partial charge in [-0.25, -0.2) is 9.59 Å². The Hall–Kier alpha value is -3.28. The number of hydrogen-bond donors (Lipinski definition) is 2. The highest BCUT2D eigenvalue weighted by atomic mass is 16.5. The number of nitrogens with one attached hydrogen (secondary N) is 1. The molecule has 6 heteroatoms. The fourth-order valence-corrected chi connectivity index (χ4v) is 3.15. The number of carbonyl (C=O) groups is 2. The topological polar surface area (TPSA) is 78.9 Å². The lowest BCUT2D eigenvalue weighted by molar-refractivity contribution is -0.135. The first kappa shape index (κ1) is 23.0. The van der Waals surface area contributed by atoms with Crippen LogP contribution < -0.4 is 10.2 Å². The van der Waals surface area contributed by atoms with Crippen LogP contribution in [-0.2, 0) is 9.53 Å². The monoisotopic (exact) mass is 410 g/mol. The third-order valence-electron chi connectivity index (χ3n) is 4.88. The normalized spacial score (nSPS) is 11.1. The maximum Gasteiger partial charge on any atom is 0.371 e. The molecule has 0 fully saturated rings. The zero-order valence-electron chi connectivity index (χ0n) is 18.1. The molecule has 2 rings (SSSR count). The lowest BCUT2D eigenvalue weighted by Crippen LogP contribution is -2.37. The van der Waals surface area contributed by atoms with E-state index >= 15 is 0 Å². The smallest absolute Gasteiger partial charge is 0.371 e. The van der Waals surface area contributed by atoms with E-state index in [-0.39, 0.29) is 11.8 Å². The average molecular weight is 411 g/mol. The molecule has 0 aliphatic heterocycles. The molecule has 2 aromatic rings. The van der Waals surface area contributed by atoms with Gasteiger partial charge in [0.1, 0.15) is 0 Å². The molecule has 0 bridgehead atoms. The number of unbranched alkanes of at least 4 members (excludes halogenated alkanes) is 2. The Balaban J connectivity index is 2.21. The van der Waals surface area contributed by atoms with E-state index in [9.17, 15) is 9.59 Å². The van der Waals surface area contributed by atoms with Crippen molar-refractivity contribution < 1.29 is 19.4 Å². The summed E-state index contributed by atoms with van der Waals surface area (Å²) in [5.74, 6) is -1.22. The third-order valence-corrected chi connectivity index (χ3v) is 4.88. The summed E-state index contributed by atoms with van der Waals surface area (Å²) in [6, 6.07) is 13.4. The SMILES string of the molecule is CCCCCNC(=O)N(C)c1cccc(-c2ccc(/C=C(/OC)C(=O)O)cc2C)c1. The van der Waals surface area contributed by atoms with E-state index in [1.807, 2.05) is 49.4 Å². The minimum atomic E-state index is -1.11. The van der Waals surface area contributed by atoms with E-state index in [4.69, 9.17) is 9.84 Å². The van der Waals surface area contributed by atoms with Crippen LogP contribution in [-0.4, -0.2) is 37.8 Å². The molecule has 2 amide bonds. The number of carboxylic acids is 1. The van der Waals surface area contributed by atoms with Gasteiger partial charge >= 0.3 is 12.0 Å². The molecule has 6 nitrogen and oxygen atoms in total. The van der Waals surface area contributed by atoms with E-state index in [2.05, 4.69) is 12.2 Å². The highest BCUT2D eigenvalue weighted by Gasteiger charge is 2.12. The Kier molecular flexibility index (Phi) is 8.47. The van der Waals surface area contributed by atoms with Gasteiger partial charge < -0.3 is 15.2 Å². The molecule has 0 saturated heterocycles. The summed E-state index contributed by atoms with van der Waals surface area (Å²) >= 11 is 0. The molecule has 30 heavy (non-hydrogen) atoms. The van der Waals surface area contributed by atoms with Crippen LogP contribution in [0.1, 0.15) is 37.3 Å². The number of carboxylic acid groups (broad SMARTS) is 1. The maximum absolute atomic E-state index is 12.4. The van der Waals surface area contributed by atoms with Crippen LogP contribution in [0.2, 0.25) is 0 Å². The summed E-state index contributed by atoms with van der Waals surface area (Å²) in [6.07, 6.45) is 4.68. The van der Waals surface area contributed by atoms with Gasteiger partial charge in [-0.15, -0.1) is 0 Å². The van der Waals surface area contributed by atoms with Gasteiger partial charge in [-0.05, 0) is 53.8 Å². The van der Waals surface area contributed by atoms with Crippen molar-refractivity contribution in [1.82, 2.24) is 5.32 Å². The number of carbonyl (C=O) groups excluding carboxylic acids is 1. The van der Waals surface area contributed by atoms with Crippen LogP contribution >= 0.6 is 0 Å². The quantitative estimate of drug-likeness (QED) is 0.344. The predicted octanol–water partition coefficient (Wildman–Crippen LogP) is 5.07. The highest BCUT2D eigenvalue weighted by Crippen LogP contribution is 2.28. The first-order valence-corrected chi connectivity index (χ1v) is 10.1. The molecule has 0 aliphatic carbocycles. The van der Waals surface area contributed by atoms with Crippen LogP contribution in [0.3, 0.4) is 0 Å². The number of amides is 2. The third kappa shape index (κ3) is 6.11. The van der Waals surface area contributed by atoms with Crippen molar-refractivity contribution in [2.45, 2.75) is 33.1 Å². The Morgan fingerprint density at radius 2 is 1.93 bits per heavy atom. The Morgan fingerprint density at radius 1 is 1.17 bits per heavy atom. The first-order chi connectivity index (χ1) is 14.4. The molecule has 2 aromatic carbocycles. The fraction of sp³-hybridized carbons (Fsp3) is 0.333. The van der Waals surface area contributed by atoms with Gasteiger partial charge in [-0.1, -0.05) is 50.1 Å². The molecule has 0 heterocycles. The van der Waals surface area contributed by atoms with Gasteiger partial charge in [0.15, 0.2) is 0 Å². The maximum atomic E-state index is 12.4. The molecular formula is C24H30N2O4. The molecule has 0 unspecified atom stereocenters. The fourth-order valence-electron chi connectivity index (χ4n) is 3.15. The van der Waals surface area contributed by atoms with Gasteiger partial charge in [0.2, 0.25) is 5.76 Å². The zero-order chi connectivity index (χ0) is 22.1. The Bertz CT molecular complexity index is 921. The summed E-state index contributed by atoms with van der Waals surface area (Å²) in [6.45, 7) is 4.77. The second kappa shape index (κ2) is 11.0. The lowest BCUT2D eigenvalue weighted by atomic mass is 9.97. The van der Waals surface area contributed by atoms with Crippen molar-refractivity contribution in [3.63, 3.8) is 0 Å². The number of aliphatic carboxylic acids is 1. The van der Waals surface area contributed by atoms with Crippen LogP contribution in [0.15, 0.2) is 48.2 Å². The number of benzene rings is 2. The number of rotatable bonds is 9. The second-order valence-electron chi connectivity index (χ2n) is 7.14. The van der Waals surface area contributed by atoms with Crippen molar-refractivity contribution >= 4 is 23.8 Å². The number of hydrogen-bond acceptors (Lipinski definition) is 3. The molecule has 2 N–H and O–H groups in total. The van der Waals surface area contributed by atoms with Crippen LogP contribution in [0, 0.1) is 6.92 Å². The van der Waals surface area contributed by atoms with Gasteiger partial charge in [-0.2, -0.15) is 0 Å². The van der Waals surface area contributed by atoms with Crippen molar-refractivity contribution in [2.24, 2.45) is 0 Å². The minimum Gasteiger partial charge on any atom is -0.490 e. The summed E-state index contributed by atoms with van der Waals surface area (Å²) in [5, 5.41) is 12.1. The number of methoxy groups -OCH3 is 1. The molecule has 0 radical (unpaired) electrons. The summed E-state index contributed by atoms with van der Waals surface area (Å²) in [5.41, 5.74) is 4.54. The molecule has 0 atom stereocenters. The van der Waals surface area contributed by atoms with Crippen molar-refractivity contribution in [3.05, 3.63) is 59.4 Å². The number of ether oxygens (including phenoxy) is 1. The summed E-state index contributed by atoms with van der Waals surface area (Å²) in [7, 11) is 3.09. The van der Waals surface area contributed by atoms with E-state index in [1.165, 1.54) is 13.2 Å². The van der Waals surface area contributed by atoms with Crippen LogP contribution in [0.25, 0.3) is 17.2 Å². The van der Waals surface area contributed by atoms with Gasteiger partial charge in [0, 0.05) is 19.3 Å². The van der Waals surface area contributed by atoms with Gasteiger partial charge in [0.25, 0.3) is 0 Å². The van der Waals surface area contributed by atoms with Crippen molar-refractivity contribution in [3.8, 4) is 11.1 Å². The van der Waals surface area contributed by atoms with E-state index in [1.54, 1.807) is 11.9 Å². The molecular weight excluding hydrogens is 380 g/mol. The number of urea groups is 1. The lowest BCUT2D eigenvalue weighted by Gasteiger charge is -2.19. The first-order valence-electron chi connectivity index (χ1n) is 10.1. The predicted molar refractivity (Wildman–Crippen MR) is 121 cm³/mol. The molecule has 0 saturated carbocycles. The van der Waals surface area contributed by atoms with E-state index < -0.39 is 5.97 Å². The molecule has 0 spiro atoms. The second-order valence-corrected chi connectivity index (χ2v) is 7.14. The minimum absolute atomic E-state index is 0.115. The summed E-state index contributed by atoms with van der Waals surface area (Å²) in [4.78, 5) is 25.1. The average Bonchev–Trinajstić information content (AvgIpc) is 2.74. The molecule has 0 aliphatic rings. The van der Waals surface area contributed by atoms with Crippen LogP contribution in [0.4, 0.5) is 10.5 Å². The molecule has 160 valence electrons. The molecule has 0 aromatic heterocycles. The number of aryl methyl sites for hydroxylation is 1. The number of anilines is 1. The van der Waals surface area contributed by atoms with Gasteiger partial charge in [-0.3, -0.25) is 4.90 Å². The Morgan fingerprint density at radius 3 is 2.57 bits per heavy atom. The Labute approximate surface area is 178 Å². The highest BCUT2D eigenvalue weighted by molar-refractivity contribution is 5.92. The van der Waals surface area contributed by atoms with Crippen molar-refractivity contribution in [1.29, 1.82) is 0 Å². The summed E-state index contributed by atoms with van der Waals surface area (Å²) < 4.78 is 4.89. The van der Waals surface area contributed by atoms with E-state index in [0.29, 0.717) is 6.54 Å².